The second kappa shape index (κ2) is 10.8. The normalized spacial score (nSPS) is 14.3. The first-order valence-corrected chi connectivity index (χ1v) is 11.2. The molecule has 168 valence electrons. The van der Waals surface area contributed by atoms with Gasteiger partial charge in [0, 0.05) is 41.9 Å². The monoisotopic (exact) mass is 427 g/mol. The molecule has 3 rings (SSSR count). The summed E-state index contributed by atoms with van der Waals surface area (Å²) in [5, 5.41) is 9.31. The van der Waals surface area contributed by atoms with E-state index in [4.69, 9.17) is 0 Å². The number of anilines is 1. The zero-order valence-electron chi connectivity index (χ0n) is 18.4. The Balaban J connectivity index is 1.51. The molecular weight excluding hydrogens is 394 g/mol. The molecule has 0 unspecified atom stereocenters. The number of urea groups is 1. The Hall–Kier alpha value is -3.03. The number of carbonyl (C=O) groups excluding carboxylic acids is 3. The van der Waals surface area contributed by atoms with Gasteiger partial charge in [-0.1, -0.05) is 19.3 Å². The van der Waals surface area contributed by atoms with Gasteiger partial charge in [-0.3, -0.25) is 9.59 Å². The van der Waals surface area contributed by atoms with E-state index in [2.05, 4.69) is 16.0 Å². The van der Waals surface area contributed by atoms with Crippen LogP contribution in [0.5, 0.6) is 0 Å². The van der Waals surface area contributed by atoms with Crippen LogP contribution in [-0.2, 0) is 16.1 Å². The van der Waals surface area contributed by atoms with E-state index in [1.807, 2.05) is 42.8 Å². The van der Waals surface area contributed by atoms with Gasteiger partial charge in [0.2, 0.25) is 11.8 Å². The van der Waals surface area contributed by atoms with E-state index in [0.29, 0.717) is 18.8 Å². The molecule has 0 radical (unpaired) electrons. The van der Waals surface area contributed by atoms with Crippen molar-refractivity contribution in [2.45, 2.75) is 58.5 Å². The fourth-order valence-electron chi connectivity index (χ4n) is 4.09. The van der Waals surface area contributed by atoms with Crippen LogP contribution in [0.3, 0.4) is 0 Å². The minimum Gasteiger partial charge on any atom is -0.342 e. The number of fused-ring (bicyclic) bond motifs is 1. The van der Waals surface area contributed by atoms with Crippen molar-refractivity contribution >= 4 is 34.4 Å². The van der Waals surface area contributed by atoms with Gasteiger partial charge in [0.05, 0.1) is 6.54 Å². The molecule has 4 amide bonds. The summed E-state index contributed by atoms with van der Waals surface area (Å²) in [5.74, 6) is -0.202. The smallest absolute Gasteiger partial charge is 0.315 e. The molecule has 1 fully saturated rings. The zero-order chi connectivity index (χ0) is 22.2. The highest BCUT2D eigenvalue weighted by Crippen LogP contribution is 2.21. The second-order valence-corrected chi connectivity index (χ2v) is 7.99. The molecular formula is C23H33N5O3. The lowest BCUT2D eigenvalue weighted by Crippen LogP contribution is -2.45. The molecule has 1 aromatic heterocycles. The van der Waals surface area contributed by atoms with Gasteiger partial charge in [0.25, 0.3) is 0 Å². The molecule has 1 saturated carbocycles. The molecule has 0 saturated heterocycles. The van der Waals surface area contributed by atoms with Crippen molar-refractivity contribution < 1.29 is 14.4 Å². The van der Waals surface area contributed by atoms with Gasteiger partial charge in [-0.2, -0.15) is 0 Å². The summed E-state index contributed by atoms with van der Waals surface area (Å²) in [4.78, 5) is 38.4. The average molecular weight is 428 g/mol. The van der Waals surface area contributed by atoms with Crippen LogP contribution in [0.25, 0.3) is 10.9 Å². The Morgan fingerprint density at radius 3 is 2.52 bits per heavy atom. The quantitative estimate of drug-likeness (QED) is 0.604. The summed E-state index contributed by atoms with van der Waals surface area (Å²) < 4.78 is 1.92. The Labute approximate surface area is 183 Å². The number of rotatable bonds is 8. The van der Waals surface area contributed by atoms with Crippen LogP contribution in [0.4, 0.5) is 10.5 Å². The Bertz CT molecular complexity index is 913. The minimum absolute atomic E-state index is 0.0810. The van der Waals surface area contributed by atoms with Crippen molar-refractivity contribution in [2.75, 3.05) is 25.0 Å². The third kappa shape index (κ3) is 6.23. The van der Waals surface area contributed by atoms with Crippen molar-refractivity contribution in [3.8, 4) is 0 Å². The van der Waals surface area contributed by atoms with Gasteiger partial charge >= 0.3 is 6.03 Å². The molecule has 1 aromatic carbocycles. The Morgan fingerprint density at radius 1 is 1.06 bits per heavy atom. The number of amides is 4. The maximum Gasteiger partial charge on any atom is 0.315 e. The molecule has 31 heavy (non-hydrogen) atoms. The molecule has 0 aliphatic heterocycles. The van der Waals surface area contributed by atoms with Crippen LogP contribution in [0.15, 0.2) is 30.5 Å². The van der Waals surface area contributed by atoms with Crippen LogP contribution >= 0.6 is 0 Å². The predicted octanol–water partition coefficient (Wildman–Crippen LogP) is 3.08. The number of nitrogens with zero attached hydrogens (tertiary/aromatic N) is 2. The van der Waals surface area contributed by atoms with Crippen LogP contribution in [-0.4, -0.2) is 53.0 Å². The molecule has 8 nitrogen and oxygen atoms in total. The Morgan fingerprint density at radius 2 is 1.81 bits per heavy atom. The number of hydrogen-bond acceptors (Lipinski definition) is 3. The third-order valence-corrected chi connectivity index (χ3v) is 5.83. The van der Waals surface area contributed by atoms with Crippen LogP contribution in [0.2, 0.25) is 0 Å². The van der Waals surface area contributed by atoms with Crippen LogP contribution in [0.1, 0.15) is 46.0 Å². The first-order valence-electron chi connectivity index (χ1n) is 11.2. The predicted molar refractivity (Wildman–Crippen MR) is 122 cm³/mol. The molecule has 3 N–H and O–H groups in total. The molecule has 0 spiro atoms. The standard InChI is InChI=1S/C23H33N5O3/c1-3-27(4-2)22(30)16-28-13-12-17-14-19(10-11-20(17)28)25-21(29)15-24-23(31)26-18-8-6-5-7-9-18/h10-14,18H,3-9,15-16H2,1-2H3,(H,25,29)(H2,24,26,31). The van der Waals surface area contributed by atoms with Crippen molar-refractivity contribution in [3.63, 3.8) is 0 Å². The third-order valence-electron chi connectivity index (χ3n) is 5.83. The van der Waals surface area contributed by atoms with E-state index in [-0.39, 0.29) is 37.0 Å². The van der Waals surface area contributed by atoms with E-state index in [0.717, 1.165) is 36.6 Å². The van der Waals surface area contributed by atoms with Crippen LogP contribution < -0.4 is 16.0 Å². The summed E-state index contributed by atoms with van der Waals surface area (Å²) in [7, 11) is 0. The average Bonchev–Trinajstić information content (AvgIpc) is 3.16. The zero-order valence-corrected chi connectivity index (χ0v) is 18.4. The number of hydrogen-bond donors (Lipinski definition) is 3. The molecule has 1 aliphatic carbocycles. The molecule has 0 bridgehead atoms. The van der Waals surface area contributed by atoms with Crippen molar-refractivity contribution in [3.05, 3.63) is 30.5 Å². The van der Waals surface area contributed by atoms with Crippen molar-refractivity contribution in [1.82, 2.24) is 20.1 Å². The maximum absolute atomic E-state index is 12.4. The molecule has 1 aliphatic rings. The summed E-state index contributed by atoms with van der Waals surface area (Å²) in [6.45, 7) is 5.53. The summed E-state index contributed by atoms with van der Waals surface area (Å²) in [6.07, 6.45) is 7.38. The van der Waals surface area contributed by atoms with E-state index in [1.165, 1.54) is 6.42 Å². The topological polar surface area (TPSA) is 95.5 Å². The molecule has 2 aromatic rings. The minimum atomic E-state index is -0.299. The first-order chi connectivity index (χ1) is 15.0. The van der Waals surface area contributed by atoms with Crippen LogP contribution in [0, 0.1) is 0 Å². The molecule has 1 heterocycles. The van der Waals surface area contributed by atoms with Gasteiger partial charge in [-0.05, 0) is 51.0 Å². The number of benzene rings is 1. The van der Waals surface area contributed by atoms with E-state index in [1.54, 1.807) is 11.0 Å². The highest BCUT2D eigenvalue weighted by Gasteiger charge is 2.16. The summed E-state index contributed by atoms with van der Waals surface area (Å²) in [6, 6.07) is 7.40. The fourth-order valence-corrected chi connectivity index (χ4v) is 4.09. The summed E-state index contributed by atoms with van der Waals surface area (Å²) >= 11 is 0. The lowest BCUT2D eigenvalue weighted by molar-refractivity contribution is -0.131. The maximum atomic E-state index is 12.4. The van der Waals surface area contributed by atoms with Crippen molar-refractivity contribution in [1.29, 1.82) is 0 Å². The van der Waals surface area contributed by atoms with Gasteiger partial charge in [0.1, 0.15) is 6.54 Å². The van der Waals surface area contributed by atoms with E-state index >= 15 is 0 Å². The summed E-state index contributed by atoms with van der Waals surface area (Å²) in [5.41, 5.74) is 1.59. The number of aromatic nitrogens is 1. The first kappa shape index (κ1) is 22.7. The van der Waals surface area contributed by atoms with Gasteiger partial charge in [0.15, 0.2) is 0 Å². The molecule has 8 heteroatoms. The number of carbonyl (C=O) groups is 3. The molecule has 0 atom stereocenters. The Kier molecular flexibility index (Phi) is 7.92. The number of likely N-dealkylation sites (N-methyl/N-ethyl adjacent to an activating group) is 1. The van der Waals surface area contributed by atoms with Gasteiger partial charge < -0.3 is 25.4 Å². The highest BCUT2D eigenvalue weighted by atomic mass is 16.2. The van der Waals surface area contributed by atoms with E-state index in [9.17, 15) is 14.4 Å². The van der Waals surface area contributed by atoms with Gasteiger partial charge in [-0.25, -0.2) is 4.79 Å². The fraction of sp³-hybridized carbons (Fsp3) is 0.522. The second-order valence-electron chi connectivity index (χ2n) is 7.99. The lowest BCUT2D eigenvalue weighted by atomic mass is 9.96. The van der Waals surface area contributed by atoms with Gasteiger partial charge in [-0.15, -0.1) is 0 Å². The van der Waals surface area contributed by atoms with Crippen molar-refractivity contribution in [2.24, 2.45) is 0 Å². The lowest BCUT2D eigenvalue weighted by Gasteiger charge is -2.22. The largest absolute Gasteiger partial charge is 0.342 e. The highest BCUT2D eigenvalue weighted by molar-refractivity contribution is 5.96. The number of nitrogens with one attached hydrogen (secondary N) is 3. The van der Waals surface area contributed by atoms with E-state index < -0.39 is 0 Å². The SMILES string of the molecule is CCN(CC)C(=O)Cn1ccc2cc(NC(=O)CNC(=O)NC3CCCCC3)ccc21.